The van der Waals surface area contributed by atoms with Gasteiger partial charge in [0.2, 0.25) is 0 Å². The van der Waals surface area contributed by atoms with Gasteiger partial charge in [-0.3, -0.25) is 10.1 Å². The third kappa shape index (κ3) is 2.91. The fourth-order valence-electron chi connectivity index (χ4n) is 1.73. The van der Waals surface area contributed by atoms with Crippen molar-refractivity contribution in [3.05, 3.63) is 28.3 Å². The summed E-state index contributed by atoms with van der Waals surface area (Å²) in [5.41, 5.74) is 1.06. The molecule has 0 saturated heterocycles. The molecule has 0 amide bonds. The quantitative estimate of drug-likeness (QED) is 0.621. The maximum absolute atomic E-state index is 10.9. The van der Waals surface area contributed by atoms with Crippen LogP contribution in [0, 0.1) is 10.1 Å². The number of benzene rings is 1. The van der Waals surface area contributed by atoms with E-state index in [1.165, 1.54) is 6.07 Å². The Labute approximate surface area is 106 Å². The van der Waals surface area contributed by atoms with Gasteiger partial charge in [0.15, 0.2) is 5.75 Å². The molecule has 1 aromatic carbocycles. The molecule has 0 aliphatic heterocycles. The van der Waals surface area contributed by atoms with Gasteiger partial charge in [-0.15, -0.1) is 0 Å². The van der Waals surface area contributed by atoms with E-state index in [2.05, 4.69) is 12.2 Å². The molecule has 0 radical (unpaired) electrons. The first-order valence-corrected chi connectivity index (χ1v) is 6.23. The summed E-state index contributed by atoms with van der Waals surface area (Å²) in [6.07, 6.45) is 3.09. The highest BCUT2D eigenvalue weighted by Crippen LogP contribution is 2.39. The molecule has 0 unspecified atom stereocenters. The van der Waals surface area contributed by atoms with Crippen molar-refractivity contribution in [3.63, 3.8) is 0 Å². The van der Waals surface area contributed by atoms with Gasteiger partial charge in [-0.1, -0.05) is 6.92 Å². The Bertz CT molecular complexity index is 456. The van der Waals surface area contributed by atoms with Crippen LogP contribution < -0.4 is 10.1 Å². The van der Waals surface area contributed by atoms with Crippen molar-refractivity contribution in [1.82, 2.24) is 0 Å². The Hall–Kier alpha value is -1.78. The fraction of sp³-hybridized carbons (Fsp3) is 0.538. The molecule has 5 nitrogen and oxygen atoms in total. The molecule has 0 heterocycles. The summed E-state index contributed by atoms with van der Waals surface area (Å²) in [5.74, 6) is 0.344. The maximum atomic E-state index is 10.9. The van der Waals surface area contributed by atoms with Gasteiger partial charge < -0.3 is 10.1 Å². The van der Waals surface area contributed by atoms with Crippen LogP contribution in [0.3, 0.4) is 0 Å². The van der Waals surface area contributed by atoms with Crippen molar-refractivity contribution in [2.45, 2.75) is 38.6 Å². The second-order valence-corrected chi connectivity index (χ2v) is 4.97. The molecule has 0 spiro atoms. The molecule has 1 aromatic rings. The van der Waals surface area contributed by atoms with Crippen LogP contribution in [0.5, 0.6) is 5.75 Å². The molecule has 0 aromatic heterocycles. The van der Waals surface area contributed by atoms with E-state index in [0.717, 1.165) is 24.9 Å². The Balaban J connectivity index is 2.20. The van der Waals surface area contributed by atoms with Crippen molar-refractivity contribution in [1.29, 1.82) is 0 Å². The SMILES string of the molecule is CCCOc1cc(NC2(C)CC2)ccc1[N+](=O)[O-]. The number of hydrogen-bond acceptors (Lipinski definition) is 4. The Morgan fingerprint density at radius 2 is 2.22 bits per heavy atom. The summed E-state index contributed by atoms with van der Waals surface area (Å²) >= 11 is 0. The number of rotatable bonds is 6. The van der Waals surface area contributed by atoms with Gasteiger partial charge >= 0.3 is 5.69 Å². The first kappa shape index (κ1) is 12.7. The van der Waals surface area contributed by atoms with E-state index in [9.17, 15) is 10.1 Å². The van der Waals surface area contributed by atoms with Crippen molar-refractivity contribution in [3.8, 4) is 5.75 Å². The number of nitrogens with one attached hydrogen (secondary N) is 1. The number of nitro benzene ring substituents is 1. The Morgan fingerprint density at radius 3 is 2.78 bits per heavy atom. The number of nitro groups is 1. The Kier molecular flexibility index (Phi) is 3.41. The molecule has 18 heavy (non-hydrogen) atoms. The summed E-state index contributed by atoms with van der Waals surface area (Å²) < 4.78 is 5.44. The zero-order valence-electron chi connectivity index (χ0n) is 10.7. The van der Waals surface area contributed by atoms with Crippen LogP contribution in [0.2, 0.25) is 0 Å². The van der Waals surface area contributed by atoms with Crippen molar-refractivity contribution in [2.24, 2.45) is 0 Å². The molecule has 0 atom stereocenters. The second-order valence-electron chi connectivity index (χ2n) is 4.97. The minimum atomic E-state index is -0.409. The minimum Gasteiger partial charge on any atom is -0.487 e. The van der Waals surface area contributed by atoms with E-state index >= 15 is 0 Å². The zero-order valence-corrected chi connectivity index (χ0v) is 10.7. The second kappa shape index (κ2) is 4.84. The maximum Gasteiger partial charge on any atom is 0.311 e. The molecular weight excluding hydrogens is 232 g/mol. The van der Waals surface area contributed by atoms with Gasteiger partial charge in [-0.2, -0.15) is 0 Å². The highest BCUT2D eigenvalue weighted by molar-refractivity contribution is 5.59. The van der Waals surface area contributed by atoms with Crippen LogP contribution >= 0.6 is 0 Å². The monoisotopic (exact) mass is 250 g/mol. The summed E-state index contributed by atoms with van der Waals surface area (Å²) in [4.78, 5) is 10.5. The normalized spacial score (nSPS) is 16.1. The molecule has 1 saturated carbocycles. The van der Waals surface area contributed by atoms with Crippen LogP contribution in [0.15, 0.2) is 18.2 Å². The van der Waals surface area contributed by atoms with Gasteiger partial charge in [0, 0.05) is 23.4 Å². The molecule has 1 aliphatic carbocycles. The summed E-state index contributed by atoms with van der Waals surface area (Å²) in [5, 5.41) is 14.3. The molecule has 1 aliphatic rings. The summed E-state index contributed by atoms with van der Waals surface area (Å²) in [6, 6.07) is 4.96. The van der Waals surface area contributed by atoms with E-state index in [1.807, 2.05) is 6.92 Å². The number of hydrogen-bond donors (Lipinski definition) is 1. The summed E-state index contributed by atoms with van der Waals surface area (Å²) in [7, 11) is 0. The van der Waals surface area contributed by atoms with Crippen molar-refractivity contribution < 1.29 is 9.66 Å². The molecule has 1 fully saturated rings. The highest BCUT2D eigenvalue weighted by atomic mass is 16.6. The van der Waals surface area contributed by atoms with Crippen LogP contribution in [0.1, 0.15) is 33.1 Å². The third-order valence-corrected chi connectivity index (χ3v) is 3.06. The average Bonchev–Trinajstić information content (AvgIpc) is 3.04. The molecule has 0 bridgehead atoms. The van der Waals surface area contributed by atoms with Crippen LogP contribution in [0.25, 0.3) is 0 Å². The number of anilines is 1. The topological polar surface area (TPSA) is 64.4 Å². The van der Waals surface area contributed by atoms with Gasteiger partial charge in [0.25, 0.3) is 0 Å². The lowest BCUT2D eigenvalue weighted by atomic mass is 10.2. The van der Waals surface area contributed by atoms with Gasteiger partial charge in [-0.25, -0.2) is 0 Å². The van der Waals surface area contributed by atoms with E-state index in [4.69, 9.17) is 4.74 Å². The third-order valence-electron chi connectivity index (χ3n) is 3.06. The van der Waals surface area contributed by atoms with Gasteiger partial charge in [-0.05, 0) is 32.3 Å². The molecule has 2 rings (SSSR count). The van der Waals surface area contributed by atoms with E-state index < -0.39 is 4.92 Å². The van der Waals surface area contributed by atoms with Crippen LogP contribution in [-0.2, 0) is 0 Å². The zero-order chi connectivity index (χ0) is 13.2. The molecule has 98 valence electrons. The average molecular weight is 250 g/mol. The molecular formula is C13H18N2O3. The largest absolute Gasteiger partial charge is 0.487 e. The molecule has 5 heteroatoms. The first-order chi connectivity index (χ1) is 8.54. The minimum absolute atomic E-state index is 0.0231. The van der Waals surface area contributed by atoms with E-state index in [-0.39, 0.29) is 11.2 Å². The lowest BCUT2D eigenvalue weighted by Crippen LogP contribution is -2.15. The predicted octanol–water partition coefficient (Wildman–Crippen LogP) is 3.35. The smallest absolute Gasteiger partial charge is 0.311 e. The Morgan fingerprint density at radius 1 is 1.50 bits per heavy atom. The highest BCUT2D eigenvalue weighted by Gasteiger charge is 2.37. The lowest BCUT2D eigenvalue weighted by Gasteiger charge is -2.14. The van der Waals surface area contributed by atoms with Gasteiger partial charge in [0.1, 0.15) is 0 Å². The predicted molar refractivity (Wildman–Crippen MR) is 70.1 cm³/mol. The lowest BCUT2D eigenvalue weighted by molar-refractivity contribution is -0.385. The van der Waals surface area contributed by atoms with Crippen LogP contribution in [-0.4, -0.2) is 17.1 Å². The molecule has 1 N–H and O–H groups in total. The van der Waals surface area contributed by atoms with Crippen molar-refractivity contribution >= 4 is 11.4 Å². The number of nitrogens with zero attached hydrogens (tertiary/aromatic N) is 1. The standard InChI is InChI=1S/C13H18N2O3/c1-3-8-18-12-9-10(14-13(2)6-7-13)4-5-11(12)15(16)17/h4-5,9,14H,3,6-8H2,1-2H3. The van der Waals surface area contributed by atoms with E-state index in [0.29, 0.717) is 12.4 Å². The number of ether oxygens (including phenoxy) is 1. The van der Waals surface area contributed by atoms with Crippen molar-refractivity contribution in [2.75, 3.05) is 11.9 Å². The fourth-order valence-corrected chi connectivity index (χ4v) is 1.73. The van der Waals surface area contributed by atoms with Gasteiger partial charge in [0.05, 0.1) is 11.5 Å². The van der Waals surface area contributed by atoms with E-state index in [1.54, 1.807) is 12.1 Å². The van der Waals surface area contributed by atoms with Crippen LogP contribution in [0.4, 0.5) is 11.4 Å². The first-order valence-electron chi connectivity index (χ1n) is 6.23. The summed E-state index contributed by atoms with van der Waals surface area (Å²) in [6.45, 7) is 4.60.